The number of carbonyl (C=O) groups is 6. The molecule has 348 valence electrons. The first-order valence-corrected chi connectivity index (χ1v) is 21.6. The minimum atomic E-state index is -0.735. The Bertz CT molecular complexity index is 2360. The van der Waals surface area contributed by atoms with Crippen LogP contribution in [-0.4, -0.2) is 111 Å². The van der Waals surface area contributed by atoms with Crippen molar-refractivity contribution in [3.8, 4) is 0 Å². The number of amides is 6. The fraction of sp³-hybridized carbons (Fsp3) is 0.458. The van der Waals surface area contributed by atoms with Crippen LogP contribution in [0.1, 0.15) is 89.7 Å². The van der Waals surface area contributed by atoms with Crippen LogP contribution in [0.25, 0.3) is 0 Å². The van der Waals surface area contributed by atoms with E-state index in [1.165, 1.54) is 35.2 Å². The van der Waals surface area contributed by atoms with Crippen molar-refractivity contribution in [1.29, 1.82) is 0 Å². The van der Waals surface area contributed by atoms with Crippen molar-refractivity contribution in [2.24, 2.45) is 11.8 Å². The molecule has 2 aromatic rings. The van der Waals surface area contributed by atoms with Crippen LogP contribution >= 0.6 is 11.6 Å². The first kappa shape index (κ1) is 48.5. The summed E-state index contributed by atoms with van der Waals surface area (Å²) in [6.07, 6.45) is 4.85. The van der Waals surface area contributed by atoms with E-state index in [2.05, 4.69) is 0 Å². The molecule has 0 bridgehead atoms. The Hall–Kier alpha value is -5.97. The number of ether oxygens (including phenoxy) is 5. The number of benzene rings is 2. The molecule has 6 unspecified atom stereocenters. The number of hydrogen-bond acceptors (Lipinski definition) is 12. The van der Waals surface area contributed by atoms with Gasteiger partial charge in [-0.05, 0) is 103 Å². The summed E-state index contributed by atoms with van der Waals surface area (Å²) in [5.74, 6) is -1.59. The molecular weight excluding hydrogens is 860 g/mol. The third-order valence-electron chi connectivity index (χ3n) is 11.4. The van der Waals surface area contributed by atoms with Gasteiger partial charge in [0, 0.05) is 37.2 Å². The Morgan fingerprint density at radius 2 is 1.11 bits per heavy atom. The molecule has 6 atom stereocenters. The summed E-state index contributed by atoms with van der Waals surface area (Å²) in [5.41, 5.74) is 4.19. The van der Waals surface area contributed by atoms with E-state index in [1.807, 2.05) is 48.5 Å². The maximum atomic E-state index is 13.4. The van der Waals surface area contributed by atoms with Crippen LogP contribution in [0.3, 0.4) is 0 Å². The van der Waals surface area contributed by atoms with Gasteiger partial charge in [-0.15, -0.1) is 0 Å². The van der Waals surface area contributed by atoms with Crippen molar-refractivity contribution < 1.29 is 57.6 Å². The fourth-order valence-corrected chi connectivity index (χ4v) is 9.05. The quantitative estimate of drug-likeness (QED) is 0.132. The van der Waals surface area contributed by atoms with Crippen molar-refractivity contribution in [1.82, 2.24) is 19.6 Å². The molecule has 0 spiro atoms. The number of rotatable bonds is 6. The summed E-state index contributed by atoms with van der Waals surface area (Å²) >= 11 is 5.80. The standard InChI is InChI=1S/C24H28N2O6.C17H19NO4.C7H10ClNO2/c1-14-10-19(25(13-30-5)21(14)27)31-12-18-17-11-15-8-6-7-9-16(15)20(17)26(22(18)28)23(29)32-24(2,3)4;1-17(2,3)22-16(21)18-14-11-7-5-4-6-10(11)8-12(14)13(9-19)15(18)20;1-5-3-6(8)9(4-11-2)7(5)10/h6-10,12,17,19-20H,11,13H2,1-5H3;4-7,9,12,14,19H,8H2,1-3H3;3,6H,4H2,1-2H3/b18-12+;13-9+;. The van der Waals surface area contributed by atoms with Gasteiger partial charge < -0.3 is 28.8 Å². The van der Waals surface area contributed by atoms with Gasteiger partial charge >= 0.3 is 12.2 Å². The molecule has 0 aromatic heterocycles. The fourth-order valence-electron chi connectivity index (χ4n) is 8.72. The van der Waals surface area contributed by atoms with Crippen LogP contribution in [0, 0.1) is 11.8 Å². The van der Waals surface area contributed by atoms with Crippen LogP contribution in [0.15, 0.2) is 95.5 Å². The maximum absolute atomic E-state index is 13.4. The van der Waals surface area contributed by atoms with Gasteiger partial charge in [-0.3, -0.25) is 29.0 Å². The summed E-state index contributed by atoms with van der Waals surface area (Å²) in [6.45, 7) is 14.3. The van der Waals surface area contributed by atoms with E-state index in [4.69, 9.17) is 35.3 Å². The van der Waals surface area contributed by atoms with E-state index in [0.29, 0.717) is 29.6 Å². The van der Waals surface area contributed by atoms with Gasteiger partial charge in [-0.2, -0.15) is 0 Å². The number of halogens is 1. The number of carbonyl (C=O) groups excluding carboxylic acids is 6. The number of fused-ring (bicyclic) bond motifs is 6. The molecule has 2 fully saturated rings. The lowest BCUT2D eigenvalue weighted by Crippen LogP contribution is -2.39. The minimum Gasteiger partial charge on any atom is -0.515 e. The molecule has 1 N–H and O–H groups in total. The number of nitrogens with zero attached hydrogens (tertiary/aromatic N) is 4. The third-order valence-corrected chi connectivity index (χ3v) is 11.8. The predicted molar refractivity (Wildman–Crippen MR) is 237 cm³/mol. The van der Waals surface area contributed by atoms with E-state index in [9.17, 15) is 33.9 Å². The van der Waals surface area contributed by atoms with Gasteiger partial charge in [-0.1, -0.05) is 60.1 Å². The lowest BCUT2D eigenvalue weighted by Gasteiger charge is -2.27. The van der Waals surface area contributed by atoms with E-state index in [-0.39, 0.29) is 48.2 Å². The number of imide groups is 2. The van der Waals surface area contributed by atoms with Crippen molar-refractivity contribution >= 4 is 47.4 Å². The minimum absolute atomic E-state index is 0.0492. The molecule has 2 saturated heterocycles. The van der Waals surface area contributed by atoms with Crippen molar-refractivity contribution in [3.63, 3.8) is 0 Å². The first-order valence-electron chi connectivity index (χ1n) is 21.2. The van der Waals surface area contributed by atoms with Gasteiger partial charge in [0.15, 0.2) is 6.23 Å². The van der Waals surface area contributed by atoms with Crippen molar-refractivity contribution in [2.75, 3.05) is 27.7 Å². The van der Waals surface area contributed by atoms with Crippen molar-refractivity contribution in [2.45, 2.75) is 103 Å². The molecule has 8 rings (SSSR count). The van der Waals surface area contributed by atoms with Gasteiger partial charge in [0.1, 0.15) is 30.2 Å². The van der Waals surface area contributed by atoms with E-state index < -0.39 is 53.5 Å². The molecule has 0 radical (unpaired) electrons. The lowest BCUT2D eigenvalue weighted by molar-refractivity contribution is -0.139. The molecule has 17 heteroatoms. The molecular formula is C48H57ClN4O12. The SMILES string of the molecule is CC(C)(C)OC(=O)N1C(=O)/C(=C/O)C2Cc3ccccc3C21.COCN1C(=O)C(C)=CC1Cl.COCN1C(=O)C(C)=CC1O/C=C1/C(=O)N(C(=O)OC(C)(C)C)C2c3ccccc3CC12. The normalized spacial score (nSPS) is 25.4. The average molecular weight is 917 g/mol. The third kappa shape index (κ3) is 9.99. The molecule has 4 heterocycles. The highest BCUT2D eigenvalue weighted by atomic mass is 35.5. The van der Waals surface area contributed by atoms with E-state index in [1.54, 1.807) is 67.5 Å². The van der Waals surface area contributed by atoms with E-state index >= 15 is 0 Å². The zero-order valence-electron chi connectivity index (χ0n) is 38.3. The maximum Gasteiger partial charge on any atom is 0.417 e. The zero-order valence-corrected chi connectivity index (χ0v) is 39.1. The molecule has 16 nitrogen and oxygen atoms in total. The molecule has 65 heavy (non-hydrogen) atoms. The summed E-state index contributed by atoms with van der Waals surface area (Å²) in [5, 5.41) is 9.43. The Balaban J connectivity index is 0.000000182. The zero-order chi connectivity index (χ0) is 47.7. The van der Waals surface area contributed by atoms with Crippen LogP contribution in [-0.2, 0) is 55.7 Å². The number of likely N-dealkylation sites (tertiary alicyclic amines) is 2. The molecule has 6 amide bonds. The summed E-state index contributed by atoms with van der Waals surface area (Å²) in [6, 6.07) is 14.7. The summed E-state index contributed by atoms with van der Waals surface area (Å²) < 4.78 is 26.7. The van der Waals surface area contributed by atoms with Crippen LogP contribution in [0.5, 0.6) is 0 Å². The Morgan fingerprint density at radius 3 is 1.55 bits per heavy atom. The number of alkyl halides is 1. The highest BCUT2D eigenvalue weighted by molar-refractivity contribution is 6.24. The number of aliphatic hydroxyl groups is 1. The topological polar surface area (TPSA) is 182 Å². The summed E-state index contributed by atoms with van der Waals surface area (Å²) in [4.78, 5) is 80.0. The molecule has 2 aliphatic carbocycles. The van der Waals surface area contributed by atoms with Crippen molar-refractivity contribution in [3.05, 3.63) is 118 Å². The number of hydrogen-bond donors (Lipinski definition) is 1. The Labute approximate surface area is 384 Å². The lowest BCUT2D eigenvalue weighted by atomic mass is 9.97. The number of methoxy groups -OCH3 is 2. The molecule has 0 saturated carbocycles. The highest BCUT2D eigenvalue weighted by Crippen LogP contribution is 2.51. The monoisotopic (exact) mass is 916 g/mol. The Morgan fingerprint density at radius 1 is 0.677 bits per heavy atom. The predicted octanol–water partition coefficient (Wildman–Crippen LogP) is 7.36. The van der Waals surface area contributed by atoms with Crippen LogP contribution < -0.4 is 0 Å². The smallest absolute Gasteiger partial charge is 0.417 e. The first-order chi connectivity index (χ1) is 30.6. The second kappa shape index (κ2) is 19.2. The average Bonchev–Trinajstić information content (AvgIpc) is 4.03. The molecule has 2 aromatic carbocycles. The highest BCUT2D eigenvalue weighted by Gasteiger charge is 2.54. The summed E-state index contributed by atoms with van der Waals surface area (Å²) in [7, 11) is 3.03. The second-order valence-electron chi connectivity index (χ2n) is 18.4. The van der Waals surface area contributed by atoms with Crippen LogP contribution in [0.4, 0.5) is 9.59 Å². The van der Waals surface area contributed by atoms with Gasteiger partial charge in [0.05, 0.1) is 35.8 Å². The molecule has 4 aliphatic heterocycles. The van der Waals surface area contributed by atoms with Gasteiger partial charge in [-0.25, -0.2) is 19.4 Å². The van der Waals surface area contributed by atoms with E-state index in [0.717, 1.165) is 33.4 Å². The largest absolute Gasteiger partial charge is 0.515 e. The Kier molecular flexibility index (Phi) is 14.4. The van der Waals surface area contributed by atoms with Gasteiger partial charge in [0.2, 0.25) is 0 Å². The second-order valence-corrected chi connectivity index (χ2v) is 18.8. The van der Waals surface area contributed by atoms with Crippen LogP contribution in [0.2, 0.25) is 0 Å². The molecule has 6 aliphatic rings. The number of aliphatic hydroxyl groups excluding tert-OH is 1. The van der Waals surface area contributed by atoms with Gasteiger partial charge in [0.25, 0.3) is 23.6 Å².